The molecule has 0 aromatic carbocycles. The summed E-state index contributed by atoms with van der Waals surface area (Å²) < 4.78 is 0.435. The predicted octanol–water partition coefficient (Wildman–Crippen LogP) is 2.28. The summed E-state index contributed by atoms with van der Waals surface area (Å²) in [5, 5.41) is 0. The van der Waals surface area contributed by atoms with Gasteiger partial charge >= 0.3 is 0 Å². The molecule has 0 rings (SSSR count). The van der Waals surface area contributed by atoms with E-state index in [2.05, 4.69) is 12.6 Å². The molecule has 0 aliphatic heterocycles. The monoisotopic (exact) mass is 107 g/mol. The highest BCUT2D eigenvalue weighted by Gasteiger charge is 1.68. The molecule has 0 atom stereocenters. The van der Waals surface area contributed by atoms with Gasteiger partial charge in [-0.25, -0.2) is 0 Å². The summed E-state index contributed by atoms with van der Waals surface area (Å²) in [7, 11) is 0. The minimum absolute atomic E-state index is 0.435. The van der Waals surface area contributed by atoms with Gasteiger partial charge in [-0.15, -0.1) is 0 Å². The quantitative estimate of drug-likeness (QED) is 0.446. The molecule has 0 fully saturated rings. The molecule has 2 heteroatoms. The normalized spacial score (nSPS) is 12.0. The van der Waals surface area contributed by atoms with E-state index in [9.17, 15) is 0 Å². The lowest BCUT2D eigenvalue weighted by molar-refractivity contribution is 1.77. The van der Waals surface area contributed by atoms with E-state index >= 15 is 0 Å². The Hall–Kier alpha value is 0.250. The predicted molar refractivity (Wildman–Crippen MR) is 27.2 cm³/mol. The van der Waals surface area contributed by atoms with Gasteiger partial charge in [0, 0.05) is 0 Å². The van der Waals surface area contributed by atoms with Crippen molar-refractivity contribution in [2.75, 3.05) is 0 Å². The Bertz CT molecular complexity index is 44.9. The lowest BCUT2D eigenvalue weighted by atomic mass is 10.8. The SMILES string of the molecule is C/C=C(\[S])Cl. The van der Waals surface area contributed by atoms with Crippen LogP contribution in [0.1, 0.15) is 6.92 Å². The van der Waals surface area contributed by atoms with Crippen LogP contribution in [0.4, 0.5) is 0 Å². The minimum Gasteiger partial charge on any atom is -0.0719 e. The van der Waals surface area contributed by atoms with E-state index in [1.54, 1.807) is 13.0 Å². The molecule has 0 heterocycles. The summed E-state index contributed by atoms with van der Waals surface area (Å²) in [6.07, 6.45) is 1.66. The molecule has 0 amide bonds. The molecule has 0 bridgehead atoms. The second kappa shape index (κ2) is 2.49. The highest BCUT2D eigenvalue weighted by atomic mass is 35.5. The Morgan fingerprint density at radius 1 is 2.00 bits per heavy atom. The largest absolute Gasteiger partial charge is 0.0992 e. The van der Waals surface area contributed by atoms with Crippen molar-refractivity contribution in [3.63, 3.8) is 0 Å². The standard InChI is InChI=1S/C3H4ClS/c1-2-3(4)5/h2H,1H3/b3-2-. The zero-order valence-electron chi connectivity index (χ0n) is 2.86. The van der Waals surface area contributed by atoms with E-state index in [1.807, 2.05) is 0 Å². The molecule has 0 aliphatic carbocycles. The first kappa shape index (κ1) is 5.25. The fourth-order valence-electron chi connectivity index (χ4n) is 0. The van der Waals surface area contributed by atoms with E-state index in [0.717, 1.165) is 0 Å². The minimum atomic E-state index is 0.435. The van der Waals surface area contributed by atoms with Crippen molar-refractivity contribution in [3.8, 4) is 0 Å². The van der Waals surface area contributed by atoms with Crippen molar-refractivity contribution in [1.29, 1.82) is 0 Å². The summed E-state index contributed by atoms with van der Waals surface area (Å²) in [4.78, 5) is 0. The maximum absolute atomic E-state index is 5.14. The first-order valence-corrected chi connectivity index (χ1v) is 2.05. The van der Waals surface area contributed by atoms with Gasteiger partial charge in [0.15, 0.2) is 0 Å². The van der Waals surface area contributed by atoms with Gasteiger partial charge < -0.3 is 0 Å². The Kier molecular flexibility index (Phi) is 2.61. The fraction of sp³-hybridized carbons (Fsp3) is 0.333. The van der Waals surface area contributed by atoms with Crippen LogP contribution in [-0.2, 0) is 0 Å². The van der Waals surface area contributed by atoms with Crippen molar-refractivity contribution in [2.24, 2.45) is 0 Å². The molecule has 0 saturated heterocycles. The Labute approximate surface area is 42.2 Å². The molecule has 0 aromatic rings. The molecular formula is C3H4ClS. The van der Waals surface area contributed by atoms with Crippen LogP contribution in [0, 0.1) is 0 Å². The van der Waals surface area contributed by atoms with Crippen molar-refractivity contribution >= 4 is 24.2 Å². The summed E-state index contributed by atoms with van der Waals surface area (Å²) in [5.74, 6) is 0. The summed E-state index contributed by atoms with van der Waals surface area (Å²) >= 11 is 9.54. The average molecular weight is 108 g/mol. The summed E-state index contributed by atoms with van der Waals surface area (Å²) in [5.41, 5.74) is 0. The van der Waals surface area contributed by atoms with E-state index in [0.29, 0.717) is 4.36 Å². The highest BCUT2D eigenvalue weighted by Crippen LogP contribution is 2.02. The number of hydrogen-bond donors (Lipinski definition) is 0. The van der Waals surface area contributed by atoms with Crippen LogP contribution in [-0.4, -0.2) is 0 Å². The topological polar surface area (TPSA) is 0 Å². The van der Waals surface area contributed by atoms with Crippen LogP contribution in [0.15, 0.2) is 10.4 Å². The zero-order valence-corrected chi connectivity index (χ0v) is 4.44. The number of allylic oxidation sites excluding steroid dienone is 1. The number of rotatable bonds is 0. The van der Waals surface area contributed by atoms with Crippen molar-refractivity contribution in [1.82, 2.24) is 0 Å². The summed E-state index contributed by atoms with van der Waals surface area (Å²) in [6, 6.07) is 0. The van der Waals surface area contributed by atoms with Gasteiger partial charge in [0.2, 0.25) is 0 Å². The molecule has 0 spiro atoms. The Balaban J connectivity index is 3.14. The third-order valence-electron chi connectivity index (χ3n) is 0.227. The van der Waals surface area contributed by atoms with E-state index in [-0.39, 0.29) is 0 Å². The van der Waals surface area contributed by atoms with Gasteiger partial charge in [-0.2, -0.15) is 0 Å². The van der Waals surface area contributed by atoms with Crippen molar-refractivity contribution < 1.29 is 0 Å². The molecular weight excluding hydrogens is 104 g/mol. The van der Waals surface area contributed by atoms with E-state index in [1.165, 1.54) is 0 Å². The molecule has 5 heavy (non-hydrogen) atoms. The maximum atomic E-state index is 5.14. The number of halogens is 1. The lowest BCUT2D eigenvalue weighted by Crippen LogP contribution is -1.38. The van der Waals surface area contributed by atoms with E-state index < -0.39 is 0 Å². The van der Waals surface area contributed by atoms with Gasteiger partial charge in [-0.1, -0.05) is 30.3 Å². The smallest absolute Gasteiger partial charge is 0.0719 e. The van der Waals surface area contributed by atoms with Gasteiger partial charge in [0.25, 0.3) is 0 Å². The zero-order chi connectivity index (χ0) is 4.28. The molecule has 29 valence electrons. The Morgan fingerprint density at radius 3 is 2.20 bits per heavy atom. The second-order valence-corrected chi connectivity index (χ2v) is 1.66. The highest BCUT2D eigenvalue weighted by molar-refractivity contribution is 7.86. The van der Waals surface area contributed by atoms with Crippen molar-refractivity contribution in [3.05, 3.63) is 10.4 Å². The Morgan fingerprint density at radius 2 is 2.20 bits per heavy atom. The third kappa shape index (κ3) is 4.25. The fourth-order valence-corrected chi connectivity index (χ4v) is 0. The third-order valence-corrected chi connectivity index (χ3v) is 0.681. The maximum Gasteiger partial charge on any atom is 0.0992 e. The molecule has 0 saturated carbocycles. The molecule has 1 radical (unpaired) electrons. The first-order valence-electron chi connectivity index (χ1n) is 1.26. The van der Waals surface area contributed by atoms with E-state index in [4.69, 9.17) is 11.6 Å². The molecule has 0 nitrogen and oxygen atoms in total. The molecule has 0 unspecified atom stereocenters. The van der Waals surface area contributed by atoms with Crippen molar-refractivity contribution in [2.45, 2.75) is 6.92 Å². The number of hydrogen-bond acceptors (Lipinski definition) is 0. The molecule has 0 aromatic heterocycles. The second-order valence-electron chi connectivity index (χ2n) is 0.593. The van der Waals surface area contributed by atoms with Gasteiger partial charge in [0.1, 0.15) is 0 Å². The molecule has 0 N–H and O–H groups in total. The van der Waals surface area contributed by atoms with Crippen LogP contribution in [0.3, 0.4) is 0 Å². The summed E-state index contributed by atoms with van der Waals surface area (Å²) in [6.45, 7) is 1.80. The van der Waals surface area contributed by atoms with Crippen LogP contribution < -0.4 is 0 Å². The lowest BCUT2D eigenvalue weighted by Gasteiger charge is -1.66. The van der Waals surface area contributed by atoms with Gasteiger partial charge in [-0.3, -0.25) is 0 Å². The van der Waals surface area contributed by atoms with Gasteiger partial charge in [0.05, 0.1) is 4.36 Å². The molecule has 0 aliphatic rings. The average Bonchev–Trinajstić information content (AvgIpc) is 1.38. The van der Waals surface area contributed by atoms with Crippen LogP contribution in [0.5, 0.6) is 0 Å². The van der Waals surface area contributed by atoms with Crippen LogP contribution >= 0.6 is 24.2 Å². The van der Waals surface area contributed by atoms with Crippen LogP contribution in [0.2, 0.25) is 0 Å². The first-order chi connectivity index (χ1) is 2.27. The van der Waals surface area contributed by atoms with Gasteiger partial charge in [-0.05, 0) is 6.92 Å². The van der Waals surface area contributed by atoms with Crippen LogP contribution in [0.25, 0.3) is 0 Å².